The fraction of sp³-hybridized carbons (Fsp3) is 0.269. The molecule has 0 aromatic heterocycles. The lowest BCUT2D eigenvalue weighted by Gasteiger charge is -2.19. The minimum atomic E-state index is -4.00. The number of nitrogens with one attached hydrogen (secondary N) is 2. The number of benzene rings is 3. The van der Waals surface area contributed by atoms with Crippen molar-refractivity contribution in [3.05, 3.63) is 92.5 Å². The fourth-order valence-corrected chi connectivity index (χ4v) is 5.35. The number of hydrogen-bond donors (Lipinski definition) is 2. The van der Waals surface area contributed by atoms with Crippen molar-refractivity contribution in [3.63, 3.8) is 0 Å². The van der Waals surface area contributed by atoms with Crippen LogP contribution in [0.3, 0.4) is 0 Å². The van der Waals surface area contributed by atoms with Crippen LogP contribution in [-0.2, 0) is 10.0 Å². The molecule has 0 aliphatic heterocycles. The molecule has 0 saturated heterocycles. The zero-order valence-corrected chi connectivity index (χ0v) is 21.3. The Labute approximate surface area is 201 Å². The van der Waals surface area contributed by atoms with Crippen LogP contribution in [0.5, 0.6) is 0 Å². The molecule has 0 saturated carbocycles. The average Bonchev–Trinajstić information content (AvgIpc) is 2.73. The summed E-state index contributed by atoms with van der Waals surface area (Å²) >= 11 is 6.23. The van der Waals surface area contributed by atoms with Gasteiger partial charge in [-0.15, -0.1) is 0 Å². The van der Waals surface area contributed by atoms with Crippen LogP contribution in [0.1, 0.15) is 56.7 Å². The minimum absolute atomic E-state index is 0.0439. The van der Waals surface area contributed by atoms with Crippen LogP contribution in [0.15, 0.2) is 53.4 Å². The van der Waals surface area contributed by atoms with E-state index in [1.807, 2.05) is 46.8 Å². The molecule has 1 amide bonds. The van der Waals surface area contributed by atoms with Crippen LogP contribution < -0.4 is 10.0 Å². The second-order valence-electron chi connectivity index (χ2n) is 8.56. The first-order chi connectivity index (χ1) is 15.4. The van der Waals surface area contributed by atoms with E-state index >= 15 is 0 Å². The number of hydrogen-bond acceptors (Lipinski definition) is 3. The van der Waals surface area contributed by atoms with Gasteiger partial charge in [-0.1, -0.05) is 35.9 Å². The summed E-state index contributed by atoms with van der Waals surface area (Å²) in [6.07, 6.45) is 0. The zero-order valence-electron chi connectivity index (χ0n) is 19.7. The summed E-state index contributed by atoms with van der Waals surface area (Å²) in [7, 11) is -4.00. The third-order valence-electron chi connectivity index (χ3n) is 5.82. The Morgan fingerprint density at radius 2 is 1.52 bits per heavy atom. The molecule has 5 nitrogen and oxygen atoms in total. The molecular formula is C26H29ClN2O3S. The second-order valence-corrected chi connectivity index (χ2v) is 10.6. The predicted molar refractivity (Wildman–Crippen MR) is 135 cm³/mol. The van der Waals surface area contributed by atoms with E-state index in [9.17, 15) is 13.2 Å². The van der Waals surface area contributed by atoms with Crippen molar-refractivity contribution in [3.8, 4) is 0 Å². The Bertz CT molecular complexity index is 1330. The number of rotatable bonds is 6. The molecule has 0 heterocycles. The van der Waals surface area contributed by atoms with E-state index in [0.717, 1.165) is 27.8 Å². The summed E-state index contributed by atoms with van der Waals surface area (Å²) in [4.78, 5) is 12.8. The van der Waals surface area contributed by atoms with E-state index in [4.69, 9.17) is 11.6 Å². The SMILES string of the molecule is Cc1ccc(C)c(NS(=O)(=O)c2cc(C(=O)N[C@H](C)c3cc(C)c(C)cc3C)ccc2Cl)c1. The van der Waals surface area contributed by atoms with Crippen LogP contribution in [0.2, 0.25) is 5.02 Å². The maximum absolute atomic E-state index is 13.1. The van der Waals surface area contributed by atoms with Crippen molar-refractivity contribution >= 4 is 33.2 Å². The number of carbonyl (C=O) groups excluding carboxylic acids is 1. The number of halogens is 1. The first kappa shape index (κ1) is 24.8. The molecular weight excluding hydrogens is 456 g/mol. The number of sulfonamides is 1. The molecule has 2 N–H and O–H groups in total. The summed E-state index contributed by atoms with van der Waals surface area (Å²) in [5, 5.41) is 3.01. The normalized spacial score (nSPS) is 12.3. The van der Waals surface area contributed by atoms with E-state index < -0.39 is 10.0 Å². The summed E-state index contributed by atoms with van der Waals surface area (Å²) in [6, 6.07) is 13.7. The van der Waals surface area contributed by atoms with E-state index in [0.29, 0.717) is 5.69 Å². The van der Waals surface area contributed by atoms with Gasteiger partial charge in [0.15, 0.2) is 0 Å². The maximum Gasteiger partial charge on any atom is 0.263 e. The number of anilines is 1. The molecule has 0 bridgehead atoms. The van der Waals surface area contributed by atoms with Gasteiger partial charge in [0.2, 0.25) is 0 Å². The highest BCUT2D eigenvalue weighted by Crippen LogP contribution is 2.28. The van der Waals surface area contributed by atoms with Gasteiger partial charge in [0, 0.05) is 5.56 Å². The van der Waals surface area contributed by atoms with Gasteiger partial charge in [0.05, 0.1) is 16.8 Å². The predicted octanol–water partition coefficient (Wildman–Crippen LogP) is 6.17. The van der Waals surface area contributed by atoms with Crippen LogP contribution in [0.4, 0.5) is 5.69 Å². The first-order valence-electron chi connectivity index (χ1n) is 10.7. The summed E-state index contributed by atoms with van der Waals surface area (Å²) < 4.78 is 28.8. The van der Waals surface area contributed by atoms with Gasteiger partial charge in [-0.25, -0.2) is 8.42 Å². The molecule has 0 aliphatic carbocycles. The molecule has 3 rings (SSSR count). The molecule has 0 spiro atoms. The molecule has 7 heteroatoms. The molecule has 0 unspecified atom stereocenters. The highest BCUT2D eigenvalue weighted by atomic mass is 35.5. The Kier molecular flexibility index (Phi) is 7.20. The van der Waals surface area contributed by atoms with Crippen LogP contribution in [-0.4, -0.2) is 14.3 Å². The van der Waals surface area contributed by atoms with Gasteiger partial charge in [-0.3, -0.25) is 9.52 Å². The lowest BCUT2D eigenvalue weighted by Crippen LogP contribution is -2.27. The van der Waals surface area contributed by atoms with Gasteiger partial charge in [0.1, 0.15) is 4.90 Å². The van der Waals surface area contributed by atoms with Crippen LogP contribution in [0.25, 0.3) is 0 Å². The van der Waals surface area contributed by atoms with E-state index in [1.54, 1.807) is 6.07 Å². The molecule has 0 aliphatic rings. The van der Waals surface area contributed by atoms with Gasteiger partial charge in [-0.05, 0) is 99.2 Å². The monoisotopic (exact) mass is 484 g/mol. The zero-order chi connectivity index (χ0) is 24.5. The highest BCUT2D eigenvalue weighted by Gasteiger charge is 2.22. The molecule has 33 heavy (non-hydrogen) atoms. The Balaban J connectivity index is 1.88. The summed E-state index contributed by atoms with van der Waals surface area (Å²) in [5.74, 6) is -0.375. The van der Waals surface area contributed by atoms with E-state index in [2.05, 4.69) is 29.1 Å². The lowest BCUT2D eigenvalue weighted by atomic mass is 9.96. The van der Waals surface area contributed by atoms with Gasteiger partial charge in [-0.2, -0.15) is 0 Å². The minimum Gasteiger partial charge on any atom is -0.346 e. The smallest absolute Gasteiger partial charge is 0.263 e. The second kappa shape index (κ2) is 9.57. The van der Waals surface area contributed by atoms with Gasteiger partial charge in [0.25, 0.3) is 15.9 Å². The van der Waals surface area contributed by atoms with Crippen molar-refractivity contribution in [2.75, 3.05) is 4.72 Å². The third-order valence-corrected chi connectivity index (χ3v) is 7.66. The van der Waals surface area contributed by atoms with Crippen molar-refractivity contribution in [2.45, 2.75) is 52.5 Å². The Morgan fingerprint density at radius 1 is 0.848 bits per heavy atom. The van der Waals surface area contributed by atoms with Crippen LogP contribution in [0, 0.1) is 34.6 Å². The standard InChI is InChI=1S/C26H29ClN2O3S/c1-15-7-8-16(2)24(11-15)29-33(31,32)25-14-21(9-10-23(25)27)26(30)28-20(6)22-13-18(4)17(3)12-19(22)5/h7-14,20,29H,1-6H3,(H,28,30)/t20-/m1/s1. The molecule has 0 fully saturated rings. The molecule has 1 atom stereocenters. The molecule has 3 aromatic rings. The van der Waals surface area contributed by atoms with Crippen molar-refractivity contribution in [1.82, 2.24) is 5.32 Å². The Hall–Kier alpha value is -2.83. The van der Waals surface area contributed by atoms with E-state index in [1.165, 1.54) is 23.8 Å². The summed E-state index contributed by atoms with van der Waals surface area (Å²) in [6.45, 7) is 11.7. The summed E-state index contributed by atoms with van der Waals surface area (Å²) in [5.41, 5.74) is 6.84. The number of aryl methyl sites for hydroxylation is 5. The number of amides is 1. The van der Waals surface area contributed by atoms with Gasteiger partial charge < -0.3 is 5.32 Å². The fourth-order valence-electron chi connectivity index (χ4n) is 3.70. The van der Waals surface area contributed by atoms with Gasteiger partial charge >= 0.3 is 0 Å². The molecule has 174 valence electrons. The van der Waals surface area contributed by atoms with Crippen molar-refractivity contribution in [2.24, 2.45) is 0 Å². The lowest BCUT2D eigenvalue weighted by molar-refractivity contribution is 0.0939. The Morgan fingerprint density at radius 3 is 2.21 bits per heavy atom. The average molecular weight is 485 g/mol. The maximum atomic E-state index is 13.1. The third kappa shape index (κ3) is 5.57. The van der Waals surface area contributed by atoms with Crippen molar-refractivity contribution < 1.29 is 13.2 Å². The topological polar surface area (TPSA) is 75.3 Å². The highest BCUT2D eigenvalue weighted by molar-refractivity contribution is 7.92. The largest absolute Gasteiger partial charge is 0.346 e. The quantitative estimate of drug-likeness (QED) is 0.439. The molecule has 3 aromatic carbocycles. The first-order valence-corrected chi connectivity index (χ1v) is 12.5. The van der Waals surface area contributed by atoms with Crippen LogP contribution >= 0.6 is 11.6 Å². The number of carbonyl (C=O) groups is 1. The van der Waals surface area contributed by atoms with Crippen molar-refractivity contribution in [1.29, 1.82) is 0 Å². The van der Waals surface area contributed by atoms with E-state index in [-0.39, 0.29) is 27.4 Å². The molecule has 0 radical (unpaired) electrons.